The smallest absolute Gasteiger partial charge is 0.261 e. The molecule has 1 fully saturated rings. The SMILES string of the molecule is Cc1ccc(C2CC2CN2C(=O)c3ccccc3C2=O)cc1. The van der Waals surface area contributed by atoms with Crippen LogP contribution in [0, 0.1) is 12.8 Å². The molecule has 2 aromatic carbocycles. The molecule has 0 spiro atoms. The molecule has 0 radical (unpaired) electrons. The van der Waals surface area contributed by atoms with Gasteiger partial charge in [-0.3, -0.25) is 14.5 Å². The van der Waals surface area contributed by atoms with E-state index in [1.807, 2.05) is 0 Å². The zero-order valence-electron chi connectivity index (χ0n) is 12.5. The van der Waals surface area contributed by atoms with Crippen LogP contribution in [-0.2, 0) is 0 Å². The van der Waals surface area contributed by atoms with Gasteiger partial charge >= 0.3 is 0 Å². The van der Waals surface area contributed by atoms with Gasteiger partial charge in [0.15, 0.2) is 0 Å². The van der Waals surface area contributed by atoms with E-state index >= 15 is 0 Å². The van der Waals surface area contributed by atoms with Gasteiger partial charge in [-0.2, -0.15) is 0 Å². The predicted molar refractivity (Wildman–Crippen MR) is 83.8 cm³/mol. The molecule has 3 nitrogen and oxygen atoms in total. The number of carbonyl (C=O) groups is 2. The van der Waals surface area contributed by atoms with Gasteiger partial charge in [-0.05, 0) is 42.9 Å². The Bertz CT molecular complexity index is 728. The number of hydrogen-bond acceptors (Lipinski definition) is 2. The lowest BCUT2D eigenvalue weighted by molar-refractivity contribution is 0.0646. The lowest BCUT2D eigenvalue weighted by atomic mass is 10.1. The van der Waals surface area contributed by atoms with Crippen molar-refractivity contribution in [2.45, 2.75) is 19.3 Å². The van der Waals surface area contributed by atoms with Gasteiger partial charge < -0.3 is 0 Å². The molecule has 1 aliphatic heterocycles. The van der Waals surface area contributed by atoms with Crippen LogP contribution in [0.1, 0.15) is 44.2 Å². The van der Waals surface area contributed by atoms with Crippen molar-refractivity contribution in [3.63, 3.8) is 0 Å². The van der Waals surface area contributed by atoms with E-state index in [1.165, 1.54) is 16.0 Å². The number of aryl methyl sites for hydroxylation is 1. The fourth-order valence-electron chi connectivity index (χ4n) is 3.31. The lowest BCUT2D eigenvalue weighted by Crippen LogP contribution is -2.31. The van der Waals surface area contributed by atoms with Crippen LogP contribution in [0.15, 0.2) is 48.5 Å². The van der Waals surface area contributed by atoms with Gasteiger partial charge in [0.2, 0.25) is 0 Å². The number of imide groups is 1. The third-order valence-electron chi connectivity index (χ3n) is 4.72. The lowest BCUT2D eigenvalue weighted by Gasteiger charge is -2.13. The molecule has 2 aliphatic rings. The Kier molecular flexibility index (Phi) is 2.89. The Morgan fingerprint density at radius 3 is 2.14 bits per heavy atom. The molecule has 22 heavy (non-hydrogen) atoms. The molecule has 4 rings (SSSR count). The molecule has 0 saturated heterocycles. The highest BCUT2D eigenvalue weighted by molar-refractivity contribution is 6.21. The Balaban J connectivity index is 1.49. The number of hydrogen-bond donors (Lipinski definition) is 0. The van der Waals surface area contributed by atoms with E-state index in [0.717, 1.165) is 6.42 Å². The van der Waals surface area contributed by atoms with Crippen LogP contribution >= 0.6 is 0 Å². The number of carbonyl (C=O) groups excluding carboxylic acids is 2. The Morgan fingerprint density at radius 1 is 0.955 bits per heavy atom. The molecule has 2 atom stereocenters. The van der Waals surface area contributed by atoms with Gasteiger partial charge in [0, 0.05) is 6.54 Å². The molecule has 1 aliphatic carbocycles. The fourth-order valence-corrected chi connectivity index (χ4v) is 3.31. The Morgan fingerprint density at radius 2 is 1.55 bits per heavy atom. The predicted octanol–water partition coefficient (Wildman–Crippen LogP) is 3.39. The average molecular weight is 291 g/mol. The summed E-state index contributed by atoms with van der Waals surface area (Å²) in [5, 5.41) is 0. The zero-order valence-corrected chi connectivity index (χ0v) is 12.5. The van der Waals surface area contributed by atoms with Crippen molar-refractivity contribution in [2.24, 2.45) is 5.92 Å². The minimum absolute atomic E-state index is 0.143. The van der Waals surface area contributed by atoms with Crippen LogP contribution in [0.2, 0.25) is 0 Å². The molecule has 2 amide bonds. The summed E-state index contributed by atoms with van der Waals surface area (Å²) in [5.74, 6) is 0.583. The van der Waals surface area contributed by atoms with E-state index in [-0.39, 0.29) is 11.8 Å². The van der Waals surface area contributed by atoms with Gasteiger partial charge in [0.1, 0.15) is 0 Å². The molecule has 3 heteroatoms. The molecule has 0 bridgehead atoms. The number of benzene rings is 2. The summed E-state index contributed by atoms with van der Waals surface area (Å²) < 4.78 is 0. The van der Waals surface area contributed by atoms with Crippen molar-refractivity contribution in [1.29, 1.82) is 0 Å². The maximum Gasteiger partial charge on any atom is 0.261 e. The molecule has 110 valence electrons. The van der Waals surface area contributed by atoms with Crippen LogP contribution in [0.5, 0.6) is 0 Å². The van der Waals surface area contributed by atoms with E-state index in [4.69, 9.17) is 0 Å². The maximum absolute atomic E-state index is 12.4. The number of amides is 2. The first-order valence-corrected chi connectivity index (χ1v) is 7.67. The van der Waals surface area contributed by atoms with Gasteiger partial charge in [-0.25, -0.2) is 0 Å². The van der Waals surface area contributed by atoms with Gasteiger partial charge in [0.05, 0.1) is 11.1 Å². The first kappa shape index (κ1) is 13.3. The first-order valence-electron chi connectivity index (χ1n) is 7.67. The van der Waals surface area contributed by atoms with Crippen molar-refractivity contribution in [1.82, 2.24) is 4.90 Å². The second kappa shape index (κ2) is 4.80. The molecule has 2 unspecified atom stereocenters. The van der Waals surface area contributed by atoms with Crippen LogP contribution < -0.4 is 0 Å². The highest BCUT2D eigenvalue weighted by Gasteiger charge is 2.44. The van der Waals surface area contributed by atoms with Gasteiger partial charge in [-0.15, -0.1) is 0 Å². The Hall–Kier alpha value is -2.42. The largest absolute Gasteiger partial charge is 0.274 e. The average Bonchev–Trinajstić information content (AvgIpc) is 3.26. The topological polar surface area (TPSA) is 37.4 Å². The zero-order chi connectivity index (χ0) is 15.3. The summed E-state index contributed by atoms with van der Waals surface area (Å²) in [6, 6.07) is 15.6. The third kappa shape index (κ3) is 2.05. The van der Waals surface area contributed by atoms with Crippen molar-refractivity contribution >= 4 is 11.8 Å². The van der Waals surface area contributed by atoms with E-state index < -0.39 is 0 Å². The highest BCUT2D eigenvalue weighted by Crippen LogP contribution is 2.48. The van der Waals surface area contributed by atoms with Gasteiger partial charge in [0.25, 0.3) is 11.8 Å². The van der Waals surface area contributed by atoms with Crippen LogP contribution in [0.4, 0.5) is 0 Å². The van der Waals surface area contributed by atoms with Crippen molar-refractivity contribution in [3.8, 4) is 0 Å². The van der Waals surface area contributed by atoms with Gasteiger partial charge in [-0.1, -0.05) is 42.0 Å². The molecular formula is C19H17NO2. The second-order valence-corrected chi connectivity index (χ2v) is 6.28. The summed E-state index contributed by atoms with van der Waals surface area (Å²) in [7, 11) is 0. The summed E-state index contributed by atoms with van der Waals surface area (Å²) >= 11 is 0. The molecule has 1 heterocycles. The number of fused-ring (bicyclic) bond motifs is 1. The third-order valence-corrected chi connectivity index (χ3v) is 4.72. The minimum Gasteiger partial charge on any atom is -0.274 e. The molecular weight excluding hydrogens is 274 g/mol. The minimum atomic E-state index is -0.143. The van der Waals surface area contributed by atoms with Crippen molar-refractivity contribution in [2.75, 3.05) is 6.54 Å². The molecule has 1 saturated carbocycles. The number of nitrogens with zero attached hydrogens (tertiary/aromatic N) is 1. The van der Waals surface area contributed by atoms with E-state index in [1.54, 1.807) is 24.3 Å². The Labute approximate surface area is 129 Å². The quantitative estimate of drug-likeness (QED) is 0.813. The van der Waals surface area contributed by atoms with Crippen LogP contribution in [0.3, 0.4) is 0 Å². The summed E-state index contributed by atoms with van der Waals surface area (Å²) in [6.45, 7) is 2.61. The van der Waals surface area contributed by atoms with E-state index in [9.17, 15) is 9.59 Å². The number of rotatable bonds is 3. The van der Waals surface area contributed by atoms with E-state index in [2.05, 4.69) is 31.2 Å². The second-order valence-electron chi connectivity index (χ2n) is 6.28. The normalized spacial score (nSPS) is 22.9. The summed E-state index contributed by atoms with van der Waals surface area (Å²) in [4.78, 5) is 26.1. The fraction of sp³-hybridized carbons (Fsp3) is 0.263. The standard InChI is InChI=1S/C19H17NO2/c1-12-6-8-13(9-7-12)17-10-14(17)11-20-18(21)15-4-2-3-5-16(15)19(20)22/h2-9,14,17H,10-11H2,1H3. The van der Waals surface area contributed by atoms with Crippen LogP contribution in [-0.4, -0.2) is 23.3 Å². The summed E-state index contributed by atoms with van der Waals surface area (Å²) in [5.41, 5.74) is 3.65. The highest BCUT2D eigenvalue weighted by atomic mass is 16.2. The van der Waals surface area contributed by atoms with Crippen molar-refractivity contribution < 1.29 is 9.59 Å². The van der Waals surface area contributed by atoms with Crippen molar-refractivity contribution in [3.05, 3.63) is 70.8 Å². The first-order chi connectivity index (χ1) is 10.6. The van der Waals surface area contributed by atoms with Crippen LogP contribution in [0.25, 0.3) is 0 Å². The summed E-state index contributed by atoms with van der Waals surface area (Å²) in [6.07, 6.45) is 1.05. The van der Waals surface area contributed by atoms with E-state index in [0.29, 0.717) is 29.5 Å². The molecule has 2 aromatic rings. The maximum atomic E-state index is 12.4. The molecule has 0 aromatic heterocycles. The molecule has 0 N–H and O–H groups in total. The monoisotopic (exact) mass is 291 g/mol.